The van der Waals surface area contributed by atoms with E-state index in [1.54, 1.807) is 24.3 Å². The van der Waals surface area contributed by atoms with Gasteiger partial charge in [-0.25, -0.2) is 4.79 Å². The molecule has 1 aromatic carbocycles. The van der Waals surface area contributed by atoms with Crippen molar-refractivity contribution >= 4 is 23.2 Å². The molecule has 7 nitrogen and oxygen atoms in total. The van der Waals surface area contributed by atoms with Crippen molar-refractivity contribution in [3.63, 3.8) is 0 Å². The Morgan fingerprint density at radius 2 is 2.05 bits per heavy atom. The van der Waals surface area contributed by atoms with Crippen LogP contribution in [0.15, 0.2) is 40.1 Å². The third-order valence-corrected chi connectivity index (χ3v) is 2.83. The molecule has 2 rings (SSSR count). The third-order valence-electron chi connectivity index (χ3n) is 2.52. The summed E-state index contributed by atoms with van der Waals surface area (Å²) in [5.41, 5.74) is -1.34. The summed E-state index contributed by atoms with van der Waals surface area (Å²) in [6.45, 7) is 0.108. The monoisotopic (exact) mass is 309 g/mol. The number of H-pyrrole nitrogens is 2. The zero-order valence-electron chi connectivity index (χ0n) is 10.8. The van der Waals surface area contributed by atoms with Gasteiger partial charge in [0, 0.05) is 6.20 Å². The van der Waals surface area contributed by atoms with E-state index in [1.165, 1.54) is 0 Å². The van der Waals surface area contributed by atoms with E-state index in [0.717, 1.165) is 6.20 Å². The van der Waals surface area contributed by atoms with Gasteiger partial charge in [0.15, 0.2) is 0 Å². The number of nitrogens with one attached hydrogen (secondary N) is 3. The maximum Gasteiger partial charge on any atom is 0.325 e. The van der Waals surface area contributed by atoms with Gasteiger partial charge < -0.3 is 15.0 Å². The van der Waals surface area contributed by atoms with E-state index in [-0.39, 0.29) is 18.7 Å². The van der Waals surface area contributed by atoms with Crippen molar-refractivity contribution in [1.82, 2.24) is 9.97 Å². The Labute approximate surface area is 123 Å². The van der Waals surface area contributed by atoms with Crippen LogP contribution in [0.4, 0.5) is 5.69 Å². The summed E-state index contributed by atoms with van der Waals surface area (Å²) in [7, 11) is 0. The number of carbonyl (C=O) groups excluding carboxylic acids is 1. The number of hydrogen-bond donors (Lipinski definition) is 3. The molecular formula is C13H12ClN3O4. The number of amides is 1. The van der Waals surface area contributed by atoms with Crippen LogP contribution in [-0.4, -0.2) is 22.5 Å². The highest BCUT2D eigenvalue weighted by atomic mass is 35.5. The first kappa shape index (κ1) is 14.9. The van der Waals surface area contributed by atoms with Crippen molar-refractivity contribution in [3.05, 3.63) is 56.3 Å². The molecule has 0 aliphatic heterocycles. The van der Waals surface area contributed by atoms with Gasteiger partial charge in [0.1, 0.15) is 11.4 Å². The first-order chi connectivity index (χ1) is 10.1. The molecule has 0 atom stereocenters. The molecule has 0 aliphatic carbocycles. The number of aromatic nitrogens is 2. The van der Waals surface area contributed by atoms with E-state index in [0.29, 0.717) is 10.8 Å². The van der Waals surface area contributed by atoms with Gasteiger partial charge in [-0.15, -0.1) is 0 Å². The molecule has 1 aromatic heterocycles. The van der Waals surface area contributed by atoms with Crippen LogP contribution in [0.25, 0.3) is 0 Å². The van der Waals surface area contributed by atoms with Gasteiger partial charge in [-0.2, -0.15) is 0 Å². The first-order valence-corrected chi connectivity index (χ1v) is 6.43. The summed E-state index contributed by atoms with van der Waals surface area (Å²) >= 11 is 5.90. The number of aromatic amines is 2. The molecule has 0 aliphatic rings. The molecule has 21 heavy (non-hydrogen) atoms. The molecule has 3 N–H and O–H groups in total. The number of carbonyl (C=O) groups is 1. The molecule has 1 amide bonds. The van der Waals surface area contributed by atoms with Crippen molar-refractivity contribution in [3.8, 4) is 5.75 Å². The smallest absolute Gasteiger partial charge is 0.325 e. The molecule has 0 bridgehead atoms. The summed E-state index contributed by atoms with van der Waals surface area (Å²) < 4.78 is 5.36. The molecule has 0 unspecified atom stereocenters. The van der Waals surface area contributed by atoms with Gasteiger partial charge >= 0.3 is 5.69 Å². The third kappa shape index (κ3) is 4.22. The lowest BCUT2D eigenvalue weighted by Crippen LogP contribution is -2.27. The minimum Gasteiger partial charge on any atom is -0.491 e. The van der Waals surface area contributed by atoms with E-state index in [4.69, 9.17) is 16.3 Å². The first-order valence-electron chi connectivity index (χ1n) is 6.05. The van der Waals surface area contributed by atoms with Gasteiger partial charge in [-0.1, -0.05) is 23.7 Å². The van der Waals surface area contributed by atoms with E-state index < -0.39 is 17.2 Å². The van der Waals surface area contributed by atoms with Crippen LogP contribution < -0.4 is 21.3 Å². The molecule has 0 saturated heterocycles. The van der Waals surface area contributed by atoms with Crippen LogP contribution in [-0.2, 0) is 4.79 Å². The molecular weight excluding hydrogens is 298 g/mol. The summed E-state index contributed by atoms with van der Waals surface area (Å²) in [6.07, 6.45) is 1.16. The standard InChI is InChI=1S/C13H12ClN3O4/c14-8-3-1-2-4-10(8)21-6-5-11(18)16-9-7-15-13(20)17-12(9)19/h1-4,7H,5-6H2,(H,16,18)(H2,15,17,19,20). The average molecular weight is 310 g/mol. The quantitative estimate of drug-likeness (QED) is 0.770. The topological polar surface area (TPSA) is 104 Å². The lowest BCUT2D eigenvalue weighted by molar-refractivity contribution is -0.116. The van der Waals surface area contributed by atoms with Crippen molar-refractivity contribution in [2.45, 2.75) is 6.42 Å². The molecule has 110 valence electrons. The van der Waals surface area contributed by atoms with Crippen LogP contribution in [0.5, 0.6) is 5.75 Å². The van der Waals surface area contributed by atoms with Gasteiger partial charge in [-0.05, 0) is 12.1 Å². The Hall–Kier alpha value is -2.54. The molecule has 0 fully saturated rings. The van der Waals surface area contributed by atoms with E-state index in [9.17, 15) is 14.4 Å². The second kappa shape index (κ2) is 6.76. The second-order valence-electron chi connectivity index (χ2n) is 4.06. The zero-order chi connectivity index (χ0) is 15.2. The Kier molecular flexibility index (Phi) is 4.78. The summed E-state index contributed by atoms with van der Waals surface area (Å²) in [5, 5.41) is 2.83. The van der Waals surface area contributed by atoms with Crippen LogP contribution in [0.2, 0.25) is 5.02 Å². The largest absolute Gasteiger partial charge is 0.491 e. The van der Waals surface area contributed by atoms with E-state index in [1.807, 2.05) is 4.98 Å². The van der Waals surface area contributed by atoms with Crippen LogP contribution in [0, 0.1) is 0 Å². The zero-order valence-corrected chi connectivity index (χ0v) is 11.6. The number of anilines is 1. The summed E-state index contributed by atoms with van der Waals surface area (Å²) in [5.74, 6) is 0.0634. The van der Waals surface area contributed by atoms with Crippen molar-refractivity contribution in [2.75, 3.05) is 11.9 Å². The minimum absolute atomic E-state index is 0.0302. The molecule has 1 heterocycles. The lowest BCUT2D eigenvalue weighted by Gasteiger charge is -2.07. The fourth-order valence-electron chi connectivity index (χ4n) is 1.53. The number of benzene rings is 1. The van der Waals surface area contributed by atoms with Crippen molar-refractivity contribution < 1.29 is 9.53 Å². The van der Waals surface area contributed by atoms with E-state index in [2.05, 4.69) is 10.3 Å². The number of rotatable bonds is 5. The van der Waals surface area contributed by atoms with Gasteiger partial charge in [0.2, 0.25) is 5.91 Å². The minimum atomic E-state index is -0.667. The van der Waals surface area contributed by atoms with Gasteiger partial charge in [0.25, 0.3) is 5.56 Å². The lowest BCUT2D eigenvalue weighted by atomic mass is 10.3. The fraction of sp³-hybridized carbons (Fsp3) is 0.154. The highest BCUT2D eigenvalue weighted by Gasteiger charge is 2.07. The van der Waals surface area contributed by atoms with Crippen molar-refractivity contribution in [2.24, 2.45) is 0 Å². The predicted molar refractivity (Wildman–Crippen MR) is 77.9 cm³/mol. The summed E-state index contributed by atoms with van der Waals surface area (Å²) in [4.78, 5) is 38.1. The Morgan fingerprint density at radius 1 is 1.29 bits per heavy atom. The molecule has 0 spiro atoms. The van der Waals surface area contributed by atoms with Gasteiger partial charge in [0.05, 0.1) is 18.1 Å². The summed E-state index contributed by atoms with van der Waals surface area (Å²) in [6, 6.07) is 6.90. The Bertz CT molecular complexity index is 753. The van der Waals surface area contributed by atoms with Crippen LogP contribution in [0.3, 0.4) is 0 Å². The highest BCUT2D eigenvalue weighted by Crippen LogP contribution is 2.23. The highest BCUT2D eigenvalue weighted by molar-refractivity contribution is 6.32. The maximum absolute atomic E-state index is 11.7. The average Bonchev–Trinajstić information content (AvgIpc) is 2.44. The SMILES string of the molecule is O=C(CCOc1ccccc1Cl)Nc1c[nH]c(=O)[nH]c1=O. The normalized spacial score (nSPS) is 10.1. The van der Waals surface area contributed by atoms with E-state index >= 15 is 0 Å². The van der Waals surface area contributed by atoms with Crippen LogP contribution in [0.1, 0.15) is 6.42 Å². The molecule has 0 radical (unpaired) electrons. The molecule has 2 aromatic rings. The Balaban J connectivity index is 1.87. The predicted octanol–water partition coefficient (Wildman–Crippen LogP) is 1.12. The van der Waals surface area contributed by atoms with Gasteiger partial charge in [-0.3, -0.25) is 14.6 Å². The number of para-hydroxylation sites is 1. The number of ether oxygens (including phenoxy) is 1. The number of hydrogen-bond acceptors (Lipinski definition) is 4. The Morgan fingerprint density at radius 3 is 2.76 bits per heavy atom. The fourth-order valence-corrected chi connectivity index (χ4v) is 1.72. The molecule has 8 heteroatoms. The second-order valence-corrected chi connectivity index (χ2v) is 4.47. The number of halogens is 1. The van der Waals surface area contributed by atoms with Crippen LogP contribution >= 0.6 is 11.6 Å². The van der Waals surface area contributed by atoms with Crippen molar-refractivity contribution in [1.29, 1.82) is 0 Å². The molecule has 0 saturated carbocycles. The maximum atomic E-state index is 11.7.